The molecule has 0 fully saturated rings. The van der Waals surface area contributed by atoms with Crippen LogP contribution in [-0.4, -0.2) is 15.3 Å². The van der Waals surface area contributed by atoms with E-state index < -0.39 is 0 Å². The van der Waals surface area contributed by atoms with E-state index in [4.69, 9.17) is 0 Å². The summed E-state index contributed by atoms with van der Waals surface area (Å²) in [6.45, 7) is 11.5. The van der Waals surface area contributed by atoms with E-state index in [0.717, 1.165) is 24.2 Å². The summed E-state index contributed by atoms with van der Waals surface area (Å²) in [7, 11) is 0. The molecule has 1 rings (SSSR count). The Morgan fingerprint density at radius 2 is 1.28 bits per heavy atom. The molecule has 2 atom stereocenters. The van der Waals surface area contributed by atoms with Gasteiger partial charge in [-0.2, -0.15) is 0 Å². The maximum absolute atomic E-state index is 9.88. The SMILES string of the molecule is C/C(=C\Cc1c(O)cc(O)cc1O)CCCC(C)CCCC(C)CCCC(C)C. The minimum Gasteiger partial charge on any atom is -0.508 e. The lowest BCUT2D eigenvalue weighted by Crippen LogP contribution is -2.00. The predicted molar refractivity (Wildman–Crippen MR) is 124 cm³/mol. The van der Waals surface area contributed by atoms with Crippen LogP contribution in [-0.2, 0) is 6.42 Å². The third-order valence-corrected chi connectivity index (χ3v) is 5.98. The van der Waals surface area contributed by atoms with Gasteiger partial charge in [-0.3, -0.25) is 0 Å². The van der Waals surface area contributed by atoms with Crippen molar-refractivity contribution >= 4 is 0 Å². The Morgan fingerprint density at radius 3 is 1.79 bits per heavy atom. The van der Waals surface area contributed by atoms with E-state index in [1.807, 2.05) is 0 Å². The van der Waals surface area contributed by atoms with Crippen LogP contribution in [0.25, 0.3) is 0 Å². The number of phenols is 3. The van der Waals surface area contributed by atoms with Crippen molar-refractivity contribution in [2.75, 3.05) is 0 Å². The summed E-state index contributed by atoms with van der Waals surface area (Å²) in [5, 5.41) is 29.1. The van der Waals surface area contributed by atoms with Gasteiger partial charge >= 0.3 is 0 Å². The van der Waals surface area contributed by atoms with Gasteiger partial charge in [0.1, 0.15) is 17.2 Å². The highest BCUT2D eigenvalue weighted by Gasteiger charge is 2.09. The second-order valence-electron chi connectivity index (χ2n) is 9.58. The Morgan fingerprint density at radius 1 is 0.793 bits per heavy atom. The zero-order valence-electron chi connectivity index (χ0n) is 19.4. The molecule has 29 heavy (non-hydrogen) atoms. The molecule has 166 valence electrons. The number of benzene rings is 1. The molecule has 2 unspecified atom stereocenters. The summed E-state index contributed by atoms with van der Waals surface area (Å²) < 4.78 is 0. The van der Waals surface area contributed by atoms with E-state index in [-0.39, 0.29) is 17.2 Å². The van der Waals surface area contributed by atoms with Crippen LogP contribution in [0.2, 0.25) is 0 Å². The van der Waals surface area contributed by atoms with Gasteiger partial charge in [-0.1, -0.05) is 84.3 Å². The lowest BCUT2D eigenvalue weighted by molar-refractivity contribution is 0.389. The number of rotatable bonds is 14. The zero-order valence-corrected chi connectivity index (χ0v) is 19.4. The molecular formula is C26H44O3. The Balaban J connectivity index is 2.21. The molecule has 0 aromatic heterocycles. The highest BCUT2D eigenvalue weighted by Crippen LogP contribution is 2.32. The molecule has 0 radical (unpaired) electrons. The molecule has 0 amide bonds. The van der Waals surface area contributed by atoms with E-state index >= 15 is 0 Å². The Hall–Kier alpha value is -1.64. The van der Waals surface area contributed by atoms with Crippen LogP contribution >= 0.6 is 0 Å². The van der Waals surface area contributed by atoms with Crippen LogP contribution in [0.3, 0.4) is 0 Å². The van der Waals surface area contributed by atoms with Gasteiger partial charge < -0.3 is 15.3 Å². The second-order valence-corrected chi connectivity index (χ2v) is 9.58. The molecule has 3 nitrogen and oxygen atoms in total. The summed E-state index contributed by atoms with van der Waals surface area (Å²) in [5.41, 5.74) is 1.75. The molecule has 0 saturated carbocycles. The largest absolute Gasteiger partial charge is 0.508 e. The first-order chi connectivity index (χ1) is 13.7. The lowest BCUT2D eigenvalue weighted by atomic mass is 9.91. The van der Waals surface area contributed by atoms with Crippen molar-refractivity contribution in [1.29, 1.82) is 0 Å². The first-order valence-electron chi connectivity index (χ1n) is 11.6. The van der Waals surface area contributed by atoms with Crippen LogP contribution in [0.5, 0.6) is 17.2 Å². The summed E-state index contributed by atoms with van der Waals surface area (Å²) in [6.07, 6.45) is 14.2. The Labute approximate surface area is 178 Å². The highest BCUT2D eigenvalue weighted by atomic mass is 16.3. The number of phenolic OH excluding ortho intramolecular Hbond substituents is 3. The lowest BCUT2D eigenvalue weighted by Gasteiger charge is -2.15. The molecule has 1 aromatic carbocycles. The maximum atomic E-state index is 9.88. The number of hydrogen-bond donors (Lipinski definition) is 3. The van der Waals surface area contributed by atoms with Crippen LogP contribution in [0, 0.1) is 17.8 Å². The third kappa shape index (κ3) is 11.2. The fourth-order valence-electron chi connectivity index (χ4n) is 3.92. The van der Waals surface area contributed by atoms with Crippen molar-refractivity contribution < 1.29 is 15.3 Å². The van der Waals surface area contributed by atoms with Gasteiger partial charge in [-0.05, 0) is 43.9 Å². The topological polar surface area (TPSA) is 60.7 Å². The van der Waals surface area contributed by atoms with Crippen molar-refractivity contribution in [1.82, 2.24) is 0 Å². The molecule has 3 N–H and O–H groups in total. The molecule has 3 heteroatoms. The van der Waals surface area contributed by atoms with E-state index in [1.165, 1.54) is 69.1 Å². The minimum atomic E-state index is -0.122. The summed E-state index contributed by atoms with van der Waals surface area (Å²) in [4.78, 5) is 0. The Kier molecular flexibility index (Phi) is 11.9. The van der Waals surface area contributed by atoms with Gasteiger partial charge in [-0.25, -0.2) is 0 Å². The quantitative estimate of drug-likeness (QED) is 0.278. The summed E-state index contributed by atoms with van der Waals surface area (Å²) in [5.74, 6) is 2.23. The first-order valence-corrected chi connectivity index (χ1v) is 11.6. The minimum absolute atomic E-state index is 0.0568. The third-order valence-electron chi connectivity index (χ3n) is 5.98. The van der Waals surface area contributed by atoms with Gasteiger partial charge in [-0.15, -0.1) is 0 Å². The molecule has 0 aliphatic heterocycles. The van der Waals surface area contributed by atoms with E-state index in [1.54, 1.807) is 0 Å². The van der Waals surface area contributed by atoms with Gasteiger partial charge in [0.15, 0.2) is 0 Å². The molecular weight excluding hydrogens is 360 g/mol. The monoisotopic (exact) mass is 404 g/mol. The second kappa shape index (κ2) is 13.6. The van der Waals surface area contributed by atoms with Crippen molar-refractivity contribution in [2.24, 2.45) is 17.8 Å². The van der Waals surface area contributed by atoms with Crippen LogP contribution in [0.1, 0.15) is 98.0 Å². The van der Waals surface area contributed by atoms with Gasteiger partial charge in [0.25, 0.3) is 0 Å². The smallest absolute Gasteiger partial charge is 0.126 e. The number of aromatic hydroxyl groups is 3. The van der Waals surface area contributed by atoms with Crippen molar-refractivity contribution in [3.05, 3.63) is 29.3 Å². The van der Waals surface area contributed by atoms with Gasteiger partial charge in [0, 0.05) is 17.7 Å². The summed E-state index contributed by atoms with van der Waals surface area (Å²) in [6, 6.07) is 2.54. The van der Waals surface area contributed by atoms with Crippen LogP contribution in [0.4, 0.5) is 0 Å². The molecule has 0 spiro atoms. The average Bonchev–Trinajstić information content (AvgIpc) is 2.60. The van der Waals surface area contributed by atoms with Crippen LogP contribution < -0.4 is 0 Å². The fourth-order valence-corrected chi connectivity index (χ4v) is 3.92. The van der Waals surface area contributed by atoms with E-state index in [0.29, 0.717) is 12.0 Å². The molecule has 0 bridgehead atoms. The predicted octanol–water partition coefficient (Wildman–Crippen LogP) is 7.73. The van der Waals surface area contributed by atoms with Gasteiger partial charge in [0.2, 0.25) is 0 Å². The normalized spacial score (nSPS) is 14.3. The van der Waals surface area contributed by atoms with Gasteiger partial charge in [0.05, 0.1) is 0 Å². The average molecular weight is 405 g/mol. The first kappa shape index (κ1) is 25.4. The Bertz CT molecular complexity index is 595. The van der Waals surface area contributed by atoms with Crippen molar-refractivity contribution in [3.8, 4) is 17.2 Å². The van der Waals surface area contributed by atoms with Crippen LogP contribution in [0.15, 0.2) is 23.8 Å². The zero-order chi connectivity index (χ0) is 21.8. The van der Waals surface area contributed by atoms with Crippen molar-refractivity contribution in [2.45, 2.75) is 98.8 Å². The maximum Gasteiger partial charge on any atom is 0.126 e. The molecule has 1 aromatic rings. The van der Waals surface area contributed by atoms with E-state index in [2.05, 4.69) is 40.7 Å². The fraction of sp³-hybridized carbons (Fsp3) is 0.692. The molecule has 0 aliphatic carbocycles. The van der Waals surface area contributed by atoms with E-state index in [9.17, 15) is 15.3 Å². The number of hydrogen-bond acceptors (Lipinski definition) is 3. The standard InChI is InChI=1S/C26H44O3/c1-19(2)9-6-10-20(3)11-7-12-21(4)13-8-14-22(5)15-16-24-25(28)17-23(27)18-26(24)29/h15,17-21,27-29H,6-14,16H2,1-5H3/b22-15+. The molecule has 0 aliphatic rings. The highest BCUT2D eigenvalue weighted by molar-refractivity contribution is 5.49. The molecule has 0 saturated heterocycles. The number of allylic oxidation sites excluding steroid dienone is 2. The molecule has 0 heterocycles. The summed E-state index contributed by atoms with van der Waals surface area (Å²) >= 11 is 0. The van der Waals surface area contributed by atoms with Crippen molar-refractivity contribution in [3.63, 3.8) is 0 Å².